The molecule has 0 saturated carbocycles. The third kappa shape index (κ3) is 4.37. The Balaban J connectivity index is 2.60. The van der Waals surface area contributed by atoms with Gasteiger partial charge in [0, 0.05) is 23.8 Å². The van der Waals surface area contributed by atoms with Crippen molar-refractivity contribution in [2.45, 2.75) is 26.8 Å². The number of carbonyl (C=O) groups excluding carboxylic acids is 2. The average Bonchev–Trinajstić information content (AvgIpc) is 2.62. The molecule has 1 aliphatic heterocycles. The Morgan fingerprint density at radius 2 is 1.92 bits per heavy atom. The van der Waals surface area contributed by atoms with Crippen molar-refractivity contribution in [3.8, 4) is 0 Å². The fourth-order valence-electron chi connectivity index (χ4n) is 2.93. The van der Waals surface area contributed by atoms with Gasteiger partial charge in [0.25, 0.3) is 0 Å². The van der Waals surface area contributed by atoms with Crippen molar-refractivity contribution >= 4 is 23.6 Å². The van der Waals surface area contributed by atoms with Gasteiger partial charge in [0.1, 0.15) is 0 Å². The van der Waals surface area contributed by atoms with Crippen molar-refractivity contribution in [2.24, 2.45) is 0 Å². The Morgan fingerprint density at radius 3 is 2.46 bits per heavy atom. The van der Waals surface area contributed by atoms with Crippen LogP contribution in [0.25, 0.3) is 0 Å². The first-order valence-corrected chi connectivity index (χ1v) is 9.22. The van der Waals surface area contributed by atoms with Crippen LogP contribution in [0.3, 0.4) is 0 Å². The molecular formula is C19H26ClN3O3. The van der Waals surface area contributed by atoms with E-state index in [0.29, 0.717) is 29.4 Å². The summed E-state index contributed by atoms with van der Waals surface area (Å²) in [5.74, 6) is -0.412. The zero-order valence-corrected chi connectivity index (χ0v) is 16.5. The normalized spacial score (nSPS) is 17.5. The number of likely N-dealkylation sites (N-methyl/N-ethyl adjacent to an activating group) is 2. The molecule has 1 aromatic rings. The quantitative estimate of drug-likeness (QED) is 0.739. The molecule has 7 heteroatoms. The number of carbonyl (C=O) groups is 2. The Morgan fingerprint density at radius 1 is 1.27 bits per heavy atom. The number of esters is 1. The van der Waals surface area contributed by atoms with Gasteiger partial charge in [-0.25, -0.2) is 9.59 Å². The van der Waals surface area contributed by atoms with Gasteiger partial charge in [-0.3, -0.25) is 4.90 Å². The highest BCUT2D eigenvalue weighted by atomic mass is 35.5. The molecule has 0 aliphatic carbocycles. The molecule has 1 atom stereocenters. The van der Waals surface area contributed by atoms with Crippen molar-refractivity contribution in [1.29, 1.82) is 0 Å². The summed E-state index contributed by atoms with van der Waals surface area (Å²) >= 11 is 5.98. The molecule has 0 spiro atoms. The summed E-state index contributed by atoms with van der Waals surface area (Å²) in [4.78, 5) is 29.1. The molecule has 1 heterocycles. The van der Waals surface area contributed by atoms with Gasteiger partial charge < -0.3 is 15.0 Å². The van der Waals surface area contributed by atoms with E-state index >= 15 is 0 Å². The van der Waals surface area contributed by atoms with E-state index in [9.17, 15) is 9.59 Å². The number of ether oxygens (including phenoxy) is 1. The third-order valence-electron chi connectivity index (χ3n) is 4.41. The zero-order valence-electron chi connectivity index (χ0n) is 15.7. The molecule has 0 radical (unpaired) electrons. The van der Waals surface area contributed by atoms with Crippen LogP contribution in [0.1, 0.15) is 32.4 Å². The van der Waals surface area contributed by atoms with Crippen LogP contribution in [0.15, 0.2) is 35.5 Å². The summed E-state index contributed by atoms with van der Waals surface area (Å²) in [6.07, 6.45) is 0. The highest BCUT2D eigenvalue weighted by Gasteiger charge is 2.37. The molecule has 0 fully saturated rings. The van der Waals surface area contributed by atoms with E-state index in [4.69, 9.17) is 16.3 Å². The Hall–Kier alpha value is -2.05. The number of urea groups is 1. The zero-order chi connectivity index (χ0) is 19.3. The molecule has 2 rings (SSSR count). The first-order chi connectivity index (χ1) is 12.4. The predicted octanol–water partition coefficient (Wildman–Crippen LogP) is 3.20. The van der Waals surface area contributed by atoms with Gasteiger partial charge in [-0.15, -0.1) is 0 Å². The number of hydrogen-bond acceptors (Lipinski definition) is 4. The van der Waals surface area contributed by atoms with Gasteiger partial charge >= 0.3 is 12.0 Å². The molecule has 1 aromatic carbocycles. The van der Waals surface area contributed by atoms with Crippen molar-refractivity contribution in [1.82, 2.24) is 15.1 Å². The molecule has 0 aromatic heterocycles. The minimum absolute atomic E-state index is 0.222. The van der Waals surface area contributed by atoms with Crippen molar-refractivity contribution in [3.05, 3.63) is 46.1 Å². The van der Waals surface area contributed by atoms with Crippen molar-refractivity contribution in [3.63, 3.8) is 0 Å². The number of nitrogens with one attached hydrogen (secondary N) is 1. The average molecular weight is 380 g/mol. The fraction of sp³-hybridized carbons (Fsp3) is 0.474. The number of halogens is 1. The third-order valence-corrected chi connectivity index (χ3v) is 4.66. The largest absolute Gasteiger partial charge is 0.463 e. The number of hydrogen-bond donors (Lipinski definition) is 1. The van der Waals surface area contributed by atoms with Crippen LogP contribution in [0.5, 0.6) is 0 Å². The second-order valence-electron chi connectivity index (χ2n) is 6.09. The van der Waals surface area contributed by atoms with Crippen LogP contribution < -0.4 is 5.32 Å². The van der Waals surface area contributed by atoms with Crippen LogP contribution >= 0.6 is 11.6 Å². The Labute approximate surface area is 159 Å². The van der Waals surface area contributed by atoms with E-state index in [0.717, 1.165) is 12.1 Å². The van der Waals surface area contributed by atoms with Crippen LogP contribution in [-0.4, -0.2) is 55.1 Å². The van der Waals surface area contributed by atoms with Crippen molar-refractivity contribution < 1.29 is 14.3 Å². The number of nitrogens with zero attached hydrogens (tertiary/aromatic N) is 2. The van der Waals surface area contributed by atoms with E-state index in [2.05, 4.69) is 10.2 Å². The van der Waals surface area contributed by atoms with Gasteiger partial charge in [-0.2, -0.15) is 0 Å². The van der Waals surface area contributed by atoms with Gasteiger partial charge in [-0.1, -0.05) is 30.7 Å². The van der Waals surface area contributed by atoms with E-state index in [-0.39, 0.29) is 12.6 Å². The smallest absolute Gasteiger partial charge is 0.338 e. The fourth-order valence-corrected chi connectivity index (χ4v) is 3.06. The first kappa shape index (κ1) is 20.3. The summed E-state index contributed by atoms with van der Waals surface area (Å²) in [5.41, 5.74) is 1.94. The summed E-state index contributed by atoms with van der Waals surface area (Å²) in [7, 11) is 1.95. The molecule has 1 N–H and O–H groups in total. The van der Waals surface area contributed by atoms with E-state index in [1.807, 2.05) is 33.0 Å². The lowest BCUT2D eigenvalue weighted by molar-refractivity contribution is -0.139. The maximum atomic E-state index is 12.8. The SMILES string of the molecule is CCOC(=O)C1=C(CN(C)CC)N(CC)C(=O)NC1c1ccc(Cl)cc1. The predicted molar refractivity (Wildman–Crippen MR) is 102 cm³/mol. The molecule has 6 nitrogen and oxygen atoms in total. The molecule has 1 aliphatic rings. The number of rotatable bonds is 7. The maximum Gasteiger partial charge on any atom is 0.338 e. The minimum atomic E-state index is -0.568. The number of benzene rings is 1. The standard InChI is InChI=1S/C19H26ClN3O3/c1-5-22(4)12-15-16(18(24)26-7-3)17(21-19(25)23(15)6-2)13-8-10-14(20)11-9-13/h8-11,17H,5-7,12H2,1-4H3,(H,21,25). The Bertz CT molecular complexity index is 688. The van der Waals surface area contributed by atoms with E-state index < -0.39 is 12.0 Å². The van der Waals surface area contributed by atoms with Crippen LogP contribution in [0, 0.1) is 0 Å². The van der Waals surface area contributed by atoms with Crippen LogP contribution in [0.2, 0.25) is 5.02 Å². The Kier molecular flexibility index (Phi) is 7.06. The van der Waals surface area contributed by atoms with E-state index in [1.165, 1.54) is 0 Å². The monoisotopic (exact) mass is 379 g/mol. The molecule has 0 saturated heterocycles. The lowest BCUT2D eigenvalue weighted by atomic mass is 9.94. The topological polar surface area (TPSA) is 61.9 Å². The summed E-state index contributed by atoms with van der Waals surface area (Å²) in [5, 5.41) is 3.53. The van der Waals surface area contributed by atoms with Crippen LogP contribution in [0.4, 0.5) is 4.79 Å². The lowest BCUT2D eigenvalue weighted by Gasteiger charge is -2.37. The summed E-state index contributed by atoms with van der Waals surface area (Å²) in [6.45, 7) is 7.70. The van der Waals surface area contributed by atoms with Crippen molar-refractivity contribution in [2.75, 3.05) is 33.3 Å². The highest BCUT2D eigenvalue weighted by Crippen LogP contribution is 2.32. The first-order valence-electron chi connectivity index (χ1n) is 8.85. The summed E-state index contributed by atoms with van der Waals surface area (Å²) in [6, 6.07) is 6.33. The van der Waals surface area contributed by atoms with Gasteiger partial charge in [-0.05, 0) is 45.1 Å². The van der Waals surface area contributed by atoms with Gasteiger partial charge in [0.15, 0.2) is 0 Å². The second-order valence-corrected chi connectivity index (χ2v) is 6.53. The lowest BCUT2D eigenvalue weighted by Crippen LogP contribution is -2.50. The molecule has 1 unspecified atom stereocenters. The number of amides is 2. The molecule has 26 heavy (non-hydrogen) atoms. The van der Waals surface area contributed by atoms with Gasteiger partial charge in [0.05, 0.1) is 18.2 Å². The molecular weight excluding hydrogens is 354 g/mol. The highest BCUT2D eigenvalue weighted by molar-refractivity contribution is 6.30. The maximum absolute atomic E-state index is 12.8. The second kappa shape index (κ2) is 9.05. The molecule has 142 valence electrons. The minimum Gasteiger partial charge on any atom is -0.463 e. The molecule has 2 amide bonds. The molecule has 0 bridgehead atoms. The van der Waals surface area contributed by atoms with Gasteiger partial charge in [0.2, 0.25) is 0 Å². The van der Waals surface area contributed by atoms with Crippen LogP contribution in [-0.2, 0) is 9.53 Å². The summed E-state index contributed by atoms with van der Waals surface area (Å²) < 4.78 is 5.31. The van der Waals surface area contributed by atoms with E-state index in [1.54, 1.807) is 24.0 Å².